The summed E-state index contributed by atoms with van der Waals surface area (Å²) < 4.78 is 16.1. The van der Waals surface area contributed by atoms with Gasteiger partial charge in [0, 0.05) is 17.5 Å². The highest BCUT2D eigenvalue weighted by atomic mass is 16.6. The van der Waals surface area contributed by atoms with Crippen LogP contribution in [-0.2, 0) is 9.53 Å². The van der Waals surface area contributed by atoms with E-state index in [0.717, 1.165) is 36.6 Å². The summed E-state index contributed by atoms with van der Waals surface area (Å²) in [5.41, 5.74) is 0.897. The van der Waals surface area contributed by atoms with E-state index in [4.69, 9.17) is 13.9 Å². The van der Waals surface area contributed by atoms with Gasteiger partial charge in [0.2, 0.25) is 0 Å². The van der Waals surface area contributed by atoms with Crippen molar-refractivity contribution in [3.63, 3.8) is 0 Å². The average Bonchev–Trinajstić information content (AvgIpc) is 2.54. The van der Waals surface area contributed by atoms with Gasteiger partial charge in [0.1, 0.15) is 17.4 Å². The zero-order valence-electron chi connectivity index (χ0n) is 14.0. The monoisotopic (exact) mass is 330 g/mol. The molecular weight excluding hydrogens is 308 g/mol. The van der Waals surface area contributed by atoms with Crippen LogP contribution in [0.25, 0.3) is 11.0 Å². The Labute approximate surface area is 140 Å². The van der Waals surface area contributed by atoms with E-state index < -0.39 is 5.63 Å². The van der Waals surface area contributed by atoms with Gasteiger partial charge in [0.05, 0.1) is 0 Å². The first-order chi connectivity index (χ1) is 11.5. The van der Waals surface area contributed by atoms with Gasteiger partial charge in [0.15, 0.2) is 6.61 Å². The normalized spacial score (nSPS) is 20.8. The predicted molar refractivity (Wildman–Crippen MR) is 90.2 cm³/mol. The van der Waals surface area contributed by atoms with E-state index in [9.17, 15) is 9.59 Å². The van der Waals surface area contributed by atoms with E-state index in [1.165, 1.54) is 6.07 Å². The maximum absolute atomic E-state index is 11.9. The van der Waals surface area contributed by atoms with E-state index in [0.29, 0.717) is 17.3 Å². The minimum atomic E-state index is -0.400. The van der Waals surface area contributed by atoms with E-state index in [2.05, 4.69) is 6.92 Å². The van der Waals surface area contributed by atoms with Crippen molar-refractivity contribution in [3.8, 4) is 5.75 Å². The number of ether oxygens (including phenoxy) is 2. The fourth-order valence-corrected chi connectivity index (χ4v) is 3.10. The highest BCUT2D eigenvalue weighted by Crippen LogP contribution is 2.26. The number of rotatable bonds is 4. The van der Waals surface area contributed by atoms with Crippen molar-refractivity contribution in [2.24, 2.45) is 5.92 Å². The largest absolute Gasteiger partial charge is 0.482 e. The Morgan fingerprint density at radius 2 is 1.96 bits per heavy atom. The molecule has 0 bridgehead atoms. The van der Waals surface area contributed by atoms with Crippen molar-refractivity contribution < 1.29 is 18.7 Å². The van der Waals surface area contributed by atoms with Gasteiger partial charge >= 0.3 is 11.6 Å². The average molecular weight is 330 g/mol. The van der Waals surface area contributed by atoms with Crippen LogP contribution < -0.4 is 10.4 Å². The summed E-state index contributed by atoms with van der Waals surface area (Å²) >= 11 is 0. The van der Waals surface area contributed by atoms with E-state index >= 15 is 0 Å². The first kappa shape index (κ1) is 16.6. The van der Waals surface area contributed by atoms with Crippen LogP contribution in [0.5, 0.6) is 5.75 Å². The lowest BCUT2D eigenvalue weighted by atomic mass is 9.89. The lowest BCUT2D eigenvalue weighted by Gasteiger charge is -2.25. The van der Waals surface area contributed by atoms with Crippen LogP contribution in [0.4, 0.5) is 0 Å². The van der Waals surface area contributed by atoms with Crippen LogP contribution in [-0.4, -0.2) is 18.7 Å². The Morgan fingerprint density at radius 3 is 2.71 bits per heavy atom. The minimum absolute atomic E-state index is 0.00887. The third-order valence-corrected chi connectivity index (χ3v) is 4.54. The summed E-state index contributed by atoms with van der Waals surface area (Å²) in [4.78, 5) is 23.4. The molecule has 1 fully saturated rings. The number of fused-ring (bicyclic) bond motifs is 1. The molecule has 24 heavy (non-hydrogen) atoms. The second-order valence-corrected chi connectivity index (χ2v) is 6.57. The van der Waals surface area contributed by atoms with Gasteiger partial charge in [-0.05, 0) is 56.2 Å². The highest BCUT2D eigenvalue weighted by Gasteiger charge is 2.21. The standard InChI is InChI=1S/C19H22O5/c1-12-3-5-14(6-4-12)23-19(21)11-22-15-7-8-16-13(2)9-18(20)24-17(16)10-15/h7-10,12,14H,3-6,11H2,1-2H3. The first-order valence-electron chi connectivity index (χ1n) is 8.38. The number of esters is 1. The quantitative estimate of drug-likeness (QED) is 0.633. The molecule has 5 nitrogen and oxygen atoms in total. The molecule has 0 radical (unpaired) electrons. The lowest BCUT2D eigenvalue weighted by Crippen LogP contribution is -2.26. The molecule has 1 aromatic heterocycles. The molecule has 1 aromatic carbocycles. The summed E-state index contributed by atoms with van der Waals surface area (Å²) in [6.07, 6.45) is 4.05. The van der Waals surface area contributed by atoms with Crippen LogP contribution in [0.1, 0.15) is 38.2 Å². The third-order valence-electron chi connectivity index (χ3n) is 4.54. The van der Waals surface area contributed by atoms with E-state index in [1.54, 1.807) is 12.1 Å². The SMILES string of the molecule is Cc1cc(=O)oc2cc(OCC(=O)OC3CCC(C)CC3)ccc12. The molecule has 0 saturated heterocycles. The molecule has 5 heteroatoms. The van der Waals surface area contributed by atoms with Crippen molar-refractivity contribution in [1.82, 2.24) is 0 Å². The molecule has 2 aromatic rings. The number of carbonyl (C=O) groups is 1. The van der Waals surface area contributed by atoms with Gasteiger partial charge in [-0.15, -0.1) is 0 Å². The fraction of sp³-hybridized carbons (Fsp3) is 0.474. The van der Waals surface area contributed by atoms with Gasteiger partial charge in [-0.2, -0.15) is 0 Å². The zero-order valence-corrected chi connectivity index (χ0v) is 14.0. The van der Waals surface area contributed by atoms with Crippen molar-refractivity contribution in [1.29, 1.82) is 0 Å². The van der Waals surface area contributed by atoms with Gasteiger partial charge in [-0.25, -0.2) is 9.59 Å². The predicted octanol–water partition coefficient (Wildman–Crippen LogP) is 3.60. The molecule has 0 amide bonds. The number of hydrogen-bond acceptors (Lipinski definition) is 5. The van der Waals surface area contributed by atoms with Crippen LogP contribution >= 0.6 is 0 Å². The Morgan fingerprint density at radius 1 is 1.21 bits per heavy atom. The summed E-state index contributed by atoms with van der Waals surface area (Å²) in [6, 6.07) is 6.65. The maximum Gasteiger partial charge on any atom is 0.344 e. The second kappa shape index (κ2) is 7.07. The second-order valence-electron chi connectivity index (χ2n) is 6.57. The Hall–Kier alpha value is -2.30. The summed E-state index contributed by atoms with van der Waals surface area (Å²) in [5, 5.41) is 0.848. The molecule has 1 heterocycles. The highest BCUT2D eigenvalue weighted by molar-refractivity contribution is 5.81. The topological polar surface area (TPSA) is 65.7 Å². The minimum Gasteiger partial charge on any atom is -0.482 e. The third kappa shape index (κ3) is 3.96. The number of hydrogen-bond donors (Lipinski definition) is 0. The van der Waals surface area contributed by atoms with Crippen molar-refractivity contribution >= 4 is 16.9 Å². The summed E-state index contributed by atoms with van der Waals surface area (Å²) in [5.74, 6) is 0.831. The molecule has 1 saturated carbocycles. The van der Waals surface area contributed by atoms with E-state index in [-0.39, 0.29) is 18.7 Å². The summed E-state index contributed by atoms with van der Waals surface area (Å²) in [7, 11) is 0. The molecule has 0 aliphatic heterocycles. The Bertz CT molecular complexity index is 784. The first-order valence-corrected chi connectivity index (χ1v) is 8.38. The van der Waals surface area contributed by atoms with Crippen LogP contribution in [0, 0.1) is 12.8 Å². The molecular formula is C19H22O5. The van der Waals surface area contributed by atoms with Crippen LogP contribution in [0.15, 0.2) is 33.5 Å². The molecule has 0 N–H and O–H groups in total. The van der Waals surface area contributed by atoms with Crippen LogP contribution in [0.2, 0.25) is 0 Å². The van der Waals surface area contributed by atoms with Gasteiger partial charge in [-0.1, -0.05) is 6.92 Å². The molecule has 0 atom stereocenters. The maximum atomic E-state index is 11.9. The number of aryl methyl sites for hydroxylation is 1. The zero-order chi connectivity index (χ0) is 17.1. The van der Waals surface area contributed by atoms with Gasteiger partial charge in [-0.3, -0.25) is 0 Å². The van der Waals surface area contributed by atoms with Crippen LogP contribution in [0.3, 0.4) is 0 Å². The Kier molecular flexibility index (Phi) is 4.88. The molecule has 0 spiro atoms. The van der Waals surface area contributed by atoms with Crippen molar-refractivity contribution in [3.05, 3.63) is 40.2 Å². The summed E-state index contributed by atoms with van der Waals surface area (Å²) in [6.45, 7) is 3.93. The Balaban J connectivity index is 1.59. The molecule has 1 aliphatic carbocycles. The molecule has 1 aliphatic rings. The molecule has 128 valence electrons. The van der Waals surface area contributed by atoms with Crippen molar-refractivity contribution in [2.45, 2.75) is 45.6 Å². The number of benzene rings is 1. The van der Waals surface area contributed by atoms with Gasteiger partial charge in [0.25, 0.3) is 0 Å². The number of carbonyl (C=O) groups excluding carboxylic acids is 1. The van der Waals surface area contributed by atoms with E-state index in [1.807, 2.05) is 13.0 Å². The fourth-order valence-electron chi connectivity index (χ4n) is 3.10. The lowest BCUT2D eigenvalue weighted by molar-refractivity contribution is -0.153. The smallest absolute Gasteiger partial charge is 0.344 e. The molecule has 3 rings (SSSR count). The molecule has 0 unspecified atom stereocenters. The van der Waals surface area contributed by atoms with Gasteiger partial charge < -0.3 is 13.9 Å². The van der Waals surface area contributed by atoms with Crippen molar-refractivity contribution in [2.75, 3.05) is 6.61 Å².